The van der Waals surface area contributed by atoms with Gasteiger partial charge in [0.25, 0.3) is 0 Å². The van der Waals surface area contributed by atoms with Crippen LogP contribution in [0.1, 0.15) is 40.2 Å². The van der Waals surface area contributed by atoms with Gasteiger partial charge in [0.15, 0.2) is 0 Å². The lowest BCUT2D eigenvalue weighted by molar-refractivity contribution is -0.130. The van der Waals surface area contributed by atoms with Crippen molar-refractivity contribution in [1.82, 2.24) is 15.6 Å². The number of nitrogens with one attached hydrogen (secondary N) is 4. The minimum atomic E-state index is -1.31. The number of benzene rings is 2. The van der Waals surface area contributed by atoms with Crippen LogP contribution >= 0.6 is 0 Å². The molecule has 4 N–H and O–H groups in total. The Bertz CT molecular complexity index is 1160. The number of ether oxygens (including phenoxy) is 1. The highest BCUT2D eigenvalue weighted by Crippen LogP contribution is 2.20. The van der Waals surface area contributed by atoms with Gasteiger partial charge in [-0.05, 0) is 58.4 Å². The maximum atomic E-state index is 13.2. The van der Waals surface area contributed by atoms with Gasteiger partial charge >= 0.3 is 6.09 Å². The van der Waals surface area contributed by atoms with Gasteiger partial charge in [0.1, 0.15) is 17.2 Å². The molecule has 1 unspecified atom stereocenters. The van der Waals surface area contributed by atoms with Gasteiger partial charge in [0, 0.05) is 29.2 Å². The van der Waals surface area contributed by atoms with E-state index in [1.165, 1.54) is 0 Å². The molecule has 3 rings (SSSR count). The molecule has 0 aliphatic rings. The van der Waals surface area contributed by atoms with Gasteiger partial charge in [-0.1, -0.05) is 36.4 Å². The first-order valence-corrected chi connectivity index (χ1v) is 11.2. The quantitative estimate of drug-likeness (QED) is 0.421. The number of carbonyl (C=O) groups is 3. The van der Waals surface area contributed by atoms with E-state index in [0.717, 1.165) is 16.5 Å². The Hall–Kier alpha value is -3.81. The minimum absolute atomic E-state index is 0.261. The van der Waals surface area contributed by atoms with Crippen LogP contribution in [-0.2, 0) is 20.7 Å². The van der Waals surface area contributed by atoms with Crippen LogP contribution in [0.2, 0.25) is 0 Å². The molecule has 8 heteroatoms. The summed E-state index contributed by atoms with van der Waals surface area (Å²) >= 11 is 0. The van der Waals surface area contributed by atoms with Crippen LogP contribution in [0.5, 0.6) is 0 Å². The molecule has 0 saturated heterocycles. The third kappa shape index (κ3) is 6.60. The fourth-order valence-electron chi connectivity index (χ4n) is 3.43. The highest BCUT2D eigenvalue weighted by molar-refractivity contribution is 5.99. The number of alkyl carbamates (subject to hydrolysis) is 1. The van der Waals surface area contributed by atoms with Gasteiger partial charge in [-0.15, -0.1) is 0 Å². The zero-order chi connectivity index (χ0) is 24.9. The average molecular weight is 465 g/mol. The summed E-state index contributed by atoms with van der Waals surface area (Å²) in [6.45, 7) is 8.34. The Kier molecular flexibility index (Phi) is 7.29. The normalized spacial score (nSPS) is 12.6. The Balaban J connectivity index is 1.80. The Morgan fingerprint density at radius 3 is 2.26 bits per heavy atom. The van der Waals surface area contributed by atoms with Crippen LogP contribution in [0.25, 0.3) is 10.9 Å². The fraction of sp³-hybridized carbons (Fsp3) is 0.346. The molecular formula is C26H32N4O4. The second kappa shape index (κ2) is 9.99. The SMILES string of the molecule is CC(C)(C)OC(=O)NC(C)(C)C(=O)NC(Cc1c[nH]c2ccccc12)C(=O)Nc1ccccc1. The maximum absolute atomic E-state index is 13.2. The monoisotopic (exact) mass is 464 g/mol. The molecule has 1 aromatic heterocycles. The molecule has 0 aliphatic heterocycles. The predicted octanol–water partition coefficient (Wildman–Crippen LogP) is 4.14. The summed E-state index contributed by atoms with van der Waals surface area (Å²) in [6.07, 6.45) is 1.38. The summed E-state index contributed by atoms with van der Waals surface area (Å²) in [5.74, 6) is -0.871. The van der Waals surface area contributed by atoms with E-state index in [1.807, 2.05) is 48.7 Å². The Morgan fingerprint density at radius 2 is 1.59 bits per heavy atom. The number of carbonyl (C=O) groups excluding carboxylic acids is 3. The number of rotatable bonds is 7. The number of H-pyrrole nitrogens is 1. The fourth-order valence-corrected chi connectivity index (χ4v) is 3.43. The van der Waals surface area contributed by atoms with Crippen molar-refractivity contribution in [3.63, 3.8) is 0 Å². The number of aromatic nitrogens is 1. The van der Waals surface area contributed by atoms with Crippen molar-refractivity contribution in [3.8, 4) is 0 Å². The topological polar surface area (TPSA) is 112 Å². The summed E-state index contributed by atoms with van der Waals surface area (Å²) in [5, 5.41) is 9.23. The van der Waals surface area contributed by atoms with Crippen LogP contribution in [0.15, 0.2) is 60.8 Å². The predicted molar refractivity (Wildman–Crippen MR) is 132 cm³/mol. The van der Waals surface area contributed by atoms with E-state index >= 15 is 0 Å². The van der Waals surface area contributed by atoms with Gasteiger partial charge in [-0.25, -0.2) is 4.79 Å². The van der Waals surface area contributed by atoms with Crippen LogP contribution in [-0.4, -0.2) is 40.1 Å². The van der Waals surface area contributed by atoms with Crippen LogP contribution in [0.3, 0.4) is 0 Å². The number of fused-ring (bicyclic) bond motifs is 1. The Labute approximate surface area is 199 Å². The van der Waals surface area contributed by atoms with Crippen molar-refractivity contribution in [2.24, 2.45) is 0 Å². The largest absolute Gasteiger partial charge is 0.444 e. The third-order valence-corrected chi connectivity index (χ3v) is 5.14. The van der Waals surface area contributed by atoms with Crippen LogP contribution in [0.4, 0.5) is 10.5 Å². The third-order valence-electron chi connectivity index (χ3n) is 5.14. The van der Waals surface area contributed by atoms with E-state index in [0.29, 0.717) is 5.69 Å². The molecule has 0 aliphatic carbocycles. The highest BCUT2D eigenvalue weighted by Gasteiger charge is 2.34. The van der Waals surface area contributed by atoms with Crippen molar-refractivity contribution < 1.29 is 19.1 Å². The van der Waals surface area contributed by atoms with Crippen molar-refractivity contribution >= 4 is 34.5 Å². The molecule has 0 radical (unpaired) electrons. The van der Waals surface area contributed by atoms with Gasteiger partial charge in [0.2, 0.25) is 11.8 Å². The number of anilines is 1. The maximum Gasteiger partial charge on any atom is 0.408 e. The van der Waals surface area contributed by atoms with Gasteiger partial charge < -0.3 is 25.7 Å². The van der Waals surface area contributed by atoms with Crippen LogP contribution < -0.4 is 16.0 Å². The summed E-state index contributed by atoms with van der Waals surface area (Å²) in [5.41, 5.74) is 0.439. The van der Waals surface area contributed by atoms with E-state index in [-0.39, 0.29) is 12.3 Å². The lowest BCUT2D eigenvalue weighted by Gasteiger charge is -2.29. The van der Waals surface area contributed by atoms with E-state index < -0.39 is 29.2 Å². The Morgan fingerprint density at radius 1 is 0.941 bits per heavy atom. The number of amides is 3. The molecule has 3 aromatic rings. The summed E-state index contributed by atoms with van der Waals surface area (Å²) in [4.78, 5) is 41.8. The number of hydrogen-bond acceptors (Lipinski definition) is 4. The van der Waals surface area contributed by atoms with Gasteiger partial charge in [-0.3, -0.25) is 9.59 Å². The van der Waals surface area contributed by atoms with Crippen molar-refractivity contribution in [1.29, 1.82) is 0 Å². The first-order chi connectivity index (χ1) is 15.9. The zero-order valence-corrected chi connectivity index (χ0v) is 20.2. The van der Waals surface area contributed by atoms with Crippen LogP contribution in [0, 0.1) is 0 Å². The summed E-state index contributed by atoms with van der Waals surface area (Å²) in [7, 11) is 0. The number of aromatic amines is 1. The first kappa shape index (κ1) is 24.8. The van der Waals surface area contributed by atoms with Crippen molar-refractivity contribution in [3.05, 3.63) is 66.4 Å². The molecule has 0 bridgehead atoms. The van der Waals surface area contributed by atoms with Crippen molar-refractivity contribution in [2.45, 2.75) is 58.2 Å². The minimum Gasteiger partial charge on any atom is -0.444 e. The number of hydrogen-bond donors (Lipinski definition) is 4. The molecule has 8 nitrogen and oxygen atoms in total. The molecule has 1 atom stereocenters. The lowest BCUT2D eigenvalue weighted by Crippen LogP contribution is -2.59. The molecular weight excluding hydrogens is 432 g/mol. The van der Waals surface area contributed by atoms with E-state index in [2.05, 4.69) is 20.9 Å². The molecule has 34 heavy (non-hydrogen) atoms. The average Bonchev–Trinajstić information content (AvgIpc) is 3.15. The molecule has 0 saturated carbocycles. The lowest BCUT2D eigenvalue weighted by atomic mass is 10.0. The molecule has 1 heterocycles. The van der Waals surface area contributed by atoms with Crippen molar-refractivity contribution in [2.75, 3.05) is 5.32 Å². The smallest absolute Gasteiger partial charge is 0.408 e. The highest BCUT2D eigenvalue weighted by atomic mass is 16.6. The molecule has 2 aromatic carbocycles. The molecule has 0 fully saturated rings. The molecule has 180 valence electrons. The molecule has 0 spiro atoms. The molecule has 3 amide bonds. The number of para-hydroxylation sites is 2. The van der Waals surface area contributed by atoms with Gasteiger partial charge in [-0.2, -0.15) is 0 Å². The summed E-state index contributed by atoms with van der Waals surface area (Å²) in [6, 6.07) is 15.9. The zero-order valence-electron chi connectivity index (χ0n) is 20.2. The van der Waals surface area contributed by atoms with E-state index in [1.54, 1.807) is 46.8 Å². The summed E-state index contributed by atoms with van der Waals surface area (Å²) < 4.78 is 5.28. The van der Waals surface area contributed by atoms with Gasteiger partial charge in [0.05, 0.1) is 0 Å². The first-order valence-electron chi connectivity index (χ1n) is 11.2. The second-order valence-electron chi connectivity index (χ2n) is 9.70. The standard InChI is InChI=1S/C26H32N4O4/c1-25(2,3)34-24(33)30-26(4,5)23(32)29-21(22(31)28-18-11-7-6-8-12-18)15-17-16-27-20-14-10-9-13-19(17)20/h6-14,16,21,27H,15H2,1-5H3,(H,28,31)(H,29,32)(H,30,33). The van der Waals surface area contributed by atoms with E-state index in [9.17, 15) is 14.4 Å². The van der Waals surface area contributed by atoms with E-state index in [4.69, 9.17) is 4.74 Å². The second-order valence-corrected chi connectivity index (χ2v) is 9.70.